The van der Waals surface area contributed by atoms with Crippen molar-refractivity contribution < 1.29 is 18.0 Å². The summed E-state index contributed by atoms with van der Waals surface area (Å²) in [5.74, 6) is -0.0397. The van der Waals surface area contributed by atoms with E-state index in [0.29, 0.717) is 22.9 Å². The van der Waals surface area contributed by atoms with Crippen LogP contribution in [0.15, 0.2) is 78.9 Å². The van der Waals surface area contributed by atoms with Gasteiger partial charge in [0.2, 0.25) is 0 Å². The van der Waals surface area contributed by atoms with Crippen molar-refractivity contribution in [3.8, 4) is 5.69 Å². The Labute approximate surface area is 242 Å². The molecular formula is C33H32F3N5O. The molecule has 1 unspecified atom stereocenters. The first-order chi connectivity index (χ1) is 20.3. The van der Waals surface area contributed by atoms with Crippen LogP contribution in [0.1, 0.15) is 69.3 Å². The highest BCUT2D eigenvalue weighted by molar-refractivity contribution is 6.03. The summed E-state index contributed by atoms with van der Waals surface area (Å²) >= 11 is 0. The summed E-state index contributed by atoms with van der Waals surface area (Å²) in [5.41, 5.74) is 10.5. The number of benzene rings is 3. The topological polar surface area (TPSA) is 85.0 Å². The van der Waals surface area contributed by atoms with E-state index in [-0.39, 0.29) is 18.3 Å². The van der Waals surface area contributed by atoms with Gasteiger partial charge in [-0.05, 0) is 90.2 Å². The second-order valence-electron chi connectivity index (χ2n) is 10.9. The van der Waals surface area contributed by atoms with E-state index in [1.54, 1.807) is 30.3 Å². The highest BCUT2D eigenvalue weighted by Crippen LogP contribution is 2.35. The maximum Gasteiger partial charge on any atom is 0.435 e. The number of allylic oxidation sites excluding steroid dienone is 1. The molecule has 0 aliphatic heterocycles. The average molecular weight is 572 g/mol. The van der Waals surface area contributed by atoms with Crippen LogP contribution in [0.25, 0.3) is 11.8 Å². The van der Waals surface area contributed by atoms with Crippen LogP contribution < -0.4 is 16.4 Å². The fraction of sp³-hybridized carbons (Fsp3) is 0.273. The van der Waals surface area contributed by atoms with Gasteiger partial charge in [0.15, 0.2) is 5.69 Å². The number of rotatable bonds is 9. The quantitative estimate of drug-likeness (QED) is 0.210. The summed E-state index contributed by atoms with van der Waals surface area (Å²) in [7, 11) is 0. The summed E-state index contributed by atoms with van der Waals surface area (Å²) < 4.78 is 42.0. The lowest BCUT2D eigenvalue weighted by atomic mass is 9.87. The van der Waals surface area contributed by atoms with Crippen LogP contribution in [0, 0.1) is 5.92 Å². The first kappa shape index (κ1) is 27.9. The summed E-state index contributed by atoms with van der Waals surface area (Å²) in [6, 6.07) is 21.2. The average Bonchev–Trinajstić information content (AvgIpc) is 3.70. The molecule has 42 heavy (non-hydrogen) atoms. The van der Waals surface area contributed by atoms with E-state index in [9.17, 15) is 18.0 Å². The van der Waals surface area contributed by atoms with Crippen LogP contribution in [0.3, 0.4) is 0 Å². The van der Waals surface area contributed by atoms with Gasteiger partial charge >= 0.3 is 6.18 Å². The molecule has 6 rings (SSSR count). The largest absolute Gasteiger partial charge is 0.435 e. The normalized spacial score (nSPS) is 15.3. The van der Waals surface area contributed by atoms with Crippen molar-refractivity contribution in [3.63, 3.8) is 0 Å². The van der Waals surface area contributed by atoms with E-state index >= 15 is 0 Å². The number of nitrogens with zero attached hydrogens (tertiary/aromatic N) is 2. The number of amides is 1. The number of hydrogen-bond acceptors (Lipinski definition) is 4. The summed E-state index contributed by atoms with van der Waals surface area (Å²) in [6.07, 6.45) is 4.10. The number of nitrogens with one attached hydrogen (secondary N) is 2. The zero-order chi connectivity index (χ0) is 29.3. The number of alkyl halides is 3. The lowest BCUT2D eigenvalue weighted by molar-refractivity contribution is -0.141. The molecule has 0 spiro atoms. The van der Waals surface area contributed by atoms with Crippen molar-refractivity contribution in [1.29, 1.82) is 0 Å². The Morgan fingerprint density at radius 2 is 1.86 bits per heavy atom. The van der Waals surface area contributed by atoms with Gasteiger partial charge < -0.3 is 16.4 Å². The fourth-order valence-electron chi connectivity index (χ4n) is 5.44. The van der Waals surface area contributed by atoms with Crippen molar-refractivity contribution in [2.24, 2.45) is 11.7 Å². The maximum absolute atomic E-state index is 13.7. The molecule has 1 aromatic heterocycles. The van der Waals surface area contributed by atoms with Crippen molar-refractivity contribution in [2.75, 3.05) is 11.9 Å². The smallest absolute Gasteiger partial charge is 0.326 e. The summed E-state index contributed by atoms with van der Waals surface area (Å²) in [4.78, 5) is 13.5. The number of fused-ring (bicyclic) bond motifs is 1. The number of carbonyl (C=O) groups excluding carboxylic acids is 1. The number of anilines is 1. The van der Waals surface area contributed by atoms with Crippen molar-refractivity contribution in [1.82, 2.24) is 15.1 Å². The monoisotopic (exact) mass is 571 g/mol. The molecule has 216 valence electrons. The minimum Gasteiger partial charge on any atom is -0.326 e. The van der Waals surface area contributed by atoms with Gasteiger partial charge in [0, 0.05) is 18.3 Å². The van der Waals surface area contributed by atoms with Crippen LogP contribution in [0.2, 0.25) is 0 Å². The lowest BCUT2D eigenvalue weighted by Crippen LogP contribution is -2.26. The van der Waals surface area contributed by atoms with Crippen LogP contribution in [0.5, 0.6) is 0 Å². The molecule has 0 radical (unpaired) electrons. The first-order valence-electron chi connectivity index (χ1n) is 14.2. The SMILES string of the molecule is NCc1cccc(-n2nc(C(F)(F)F)cc2C(=O)Nc2cccc(C(NCC3CC3)c3cccc4c3C=CCC4)c2)c1. The molecule has 0 bridgehead atoms. The van der Waals surface area contributed by atoms with E-state index in [2.05, 4.69) is 46.1 Å². The van der Waals surface area contributed by atoms with E-state index in [1.807, 2.05) is 18.2 Å². The van der Waals surface area contributed by atoms with Gasteiger partial charge in [-0.3, -0.25) is 4.79 Å². The fourth-order valence-corrected chi connectivity index (χ4v) is 5.44. The molecular weight excluding hydrogens is 539 g/mol. The molecule has 3 aromatic carbocycles. The molecule has 0 saturated heterocycles. The molecule has 4 N–H and O–H groups in total. The van der Waals surface area contributed by atoms with Crippen LogP contribution in [-0.2, 0) is 19.1 Å². The number of hydrogen-bond donors (Lipinski definition) is 3. The number of aryl methyl sites for hydroxylation is 1. The Kier molecular flexibility index (Phi) is 7.70. The molecule has 2 aliphatic carbocycles. The molecule has 1 atom stereocenters. The Morgan fingerprint density at radius 1 is 1.05 bits per heavy atom. The standard InChI is InChI=1S/C33H32F3N5O/c34-33(35,36)30-18-29(41(40-30)26-11-3-6-22(16-26)19-37)32(42)39-25-10-4-9-24(17-25)31(38-20-21-14-15-21)28-13-5-8-23-7-1-2-12-27(23)28/h2-6,8-13,16-18,21,31,38H,1,7,14-15,19-20,37H2,(H,39,42). The molecule has 1 amide bonds. The van der Waals surface area contributed by atoms with E-state index < -0.39 is 17.8 Å². The third kappa shape index (κ3) is 6.03. The van der Waals surface area contributed by atoms with Crippen LogP contribution in [-0.4, -0.2) is 22.2 Å². The van der Waals surface area contributed by atoms with Gasteiger partial charge in [0.05, 0.1) is 11.7 Å². The third-order valence-electron chi connectivity index (χ3n) is 7.81. The Hall–Kier alpha value is -4.21. The highest BCUT2D eigenvalue weighted by Gasteiger charge is 2.36. The summed E-state index contributed by atoms with van der Waals surface area (Å²) in [5, 5.41) is 10.3. The number of nitrogens with two attached hydrogens (primary N) is 1. The second kappa shape index (κ2) is 11.6. The zero-order valence-electron chi connectivity index (χ0n) is 23.0. The minimum absolute atomic E-state index is 0.110. The zero-order valence-corrected chi connectivity index (χ0v) is 23.0. The van der Waals surface area contributed by atoms with E-state index in [4.69, 9.17) is 5.73 Å². The van der Waals surface area contributed by atoms with Crippen molar-refractivity contribution in [2.45, 2.75) is 44.4 Å². The molecule has 1 heterocycles. The molecule has 9 heteroatoms. The maximum atomic E-state index is 13.7. The van der Waals surface area contributed by atoms with Gasteiger partial charge in [-0.25, -0.2) is 4.68 Å². The van der Waals surface area contributed by atoms with Gasteiger partial charge in [0.1, 0.15) is 5.69 Å². The molecule has 2 aliphatic rings. The van der Waals surface area contributed by atoms with Crippen LogP contribution >= 0.6 is 0 Å². The van der Waals surface area contributed by atoms with E-state index in [0.717, 1.165) is 35.7 Å². The van der Waals surface area contributed by atoms with Gasteiger partial charge in [-0.2, -0.15) is 18.3 Å². The predicted molar refractivity (Wildman–Crippen MR) is 157 cm³/mol. The Bertz CT molecular complexity index is 1640. The lowest BCUT2D eigenvalue weighted by Gasteiger charge is -2.25. The highest BCUT2D eigenvalue weighted by atomic mass is 19.4. The Morgan fingerprint density at radius 3 is 2.64 bits per heavy atom. The van der Waals surface area contributed by atoms with E-state index in [1.165, 1.54) is 29.5 Å². The van der Waals surface area contributed by atoms with Gasteiger partial charge in [0.25, 0.3) is 5.91 Å². The van der Waals surface area contributed by atoms with Crippen molar-refractivity contribution in [3.05, 3.63) is 118 Å². The van der Waals surface area contributed by atoms with Crippen molar-refractivity contribution >= 4 is 17.7 Å². The third-order valence-corrected chi connectivity index (χ3v) is 7.81. The molecule has 1 saturated carbocycles. The molecule has 4 aromatic rings. The van der Waals surface area contributed by atoms with Crippen LogP contribution in [0.4, 0.5) is 18.9 Å². The van der Waals surface area contributed by atoms with Gasteiger partial charge in [-0.1, -0.05) is 54.6 Å². The number of carbonyl (C=O) groups is 1. The summed E-state index contributed by atoms with van der Waals surface area (Å²) in [6.45, 7) is 1.09. The molecule has 6 nitrogen and oxygen atoms in total. The number of aromatic nitrogens is 2. The second-order valence-corrected chi connectivity index (χ2v) is 10.9. The minimum atomic E-state index is -4.71. The number of halogens is 3. The molecule has 1 fully saturated rings. The van der Waals surface area contributed by atoms with Gasteiger partial charge in [-0.15, -0.1) is 0 Å². The Balaban J connectivity index is 1.33. The predicted octanol–water partition coefficient (Wildman–Crippen LogP) is 6.65. The first-order valence-corrected chi connectivity index (χ1v) is 14.2.